The molecule has 0 bridgehead atoms. The van der Waals surface area contributed by atoms with Gasteiger partial charge in [-0.15, -0.1) is 11.3 Å². The van der Waals surface area contributed by atoms with E-state index in [2.05, 4.69) is 11.2 Å². The van der Waals surface area contributed by atoms with Crippen LogP contribution in [0.5, 0.6) is 0 Å². The molecule has 16 heavy (non-hydrogen) atoms. The smallest absolute Gasteiger partial charge is 0.116 e. The Morgan fingerprint density at radius 3 is 3.06 bits per heavy atom. The number of aliphatic hydroxyl groups excluding tert-OH is 1. The van der Waals surface area contributed by atoms with Crippen LogP contribution < -0.4 is 0 Å². The lowest BCUT2D eigenvalue weighted by Crippen LogP contribution is -1.95. The molecule has 1 atom stereocenters. The van der Waals surface area contributed by atoms with Gasteiger partial charge in [0.2, 0.25) is 0 Å². The van der Waals surface area contributed by atoms with Crippen molar-refractivity contribution in [3.63, 3.8) is 0 Å². The highest BCUT2D eigenvalue weighted by atomic mass is 32.1. The second-order valence-electron chi connectivity index (χ2n) is 4.30. The largest absolute Gasteiger partial charge is 0.383 e. The van der Waals surface area contributed by atoms with E-state index in [0.29, 0.717) is 0 Å². The molecule has 84 valence electrons. The lowest BCUT2D eigenvalue weighted by Gasteiger charge is -2.04. The maximum Gasteiger partial charge on any atom is 0.116 e. The quantitative estimate of drug-likeness (QED) is 0.863. The number of aromatic nitrogens is 2. The molecule has 0 saturated carbocycles. The van der Waals surface area contributed by atoms with E-state index in [4.69, 9.17) is 0 Å². The molecule has 0 aromatic carbocycles. The average Bonchev–Trinajstić information content (AvgIpc) is 2.89. The number of hydrogen-bond acceptors (Lipinski definition) is 3. The summed E-state index contributed by atoms with van der Waals surface area (Å²) in [4.78, 5) is 2.51. The number of rotatable bonds is 2. The molecule has 2 heterocycles. The molecule has 0 amide bonds. The van der Waals surface area contributed by atoms with Gasteiger partial charge in [-0.2, -0.15) is 5.10 Å². The minimum absolute atomic E-state index is 0.510. The van der Waals surface area contributed by atoms with E-state index in [0.717, 1.165) is 10.4 Å². The fourth-order valence-corrected chi connectivity index (χ4v) is 3.50. The van der Waals surface area contributed by atoms with E-state index in [1.54, 1.807) is 22.2 Å². The number of aryl methyl sites for hydroxylation is 3. The zero-order chi connectivity index (χ0) is 11.1. The summed E-state index contributed by atoms with van der Waals surface area (Å²) in [6, 6.07) is 2.16. The molecule has 0 spiro atoms. The van der Waals surface area contributed by atoms with Gasteiger partial charge in [0.05, 0.1) is 6.20 Å². The molecular weight excluding hydrogens is 220 g/mol. The number of thiophene rings is 1. The predicted octanol–water partition coefficient (Wildman–Crippen LogP) is 2.05. The van der Waals surface area contributed by atoms with Gasteiger partial charge in [0, 0.05) is 28.6 Å². The van der Waals surface area contributed by atoms with Crippen molar-refractivity contribution in [2.75, 3.05) is 0 Å². The SMILES string of the molecule is Cn1cc(C(O)c2cc3c(s2)CCC3)cn1. The first-order chi connectivity index (χ1) is 7.74. The Labute approximate surface area is 98.3 Å². The molecule has 0 saturated heterocycles. The molecule has 0 aliphatic heterocycles. The third-order valence-corrected chi connectivity index (χ3v) is 4.37. The van der Waals surface area contributed by atoms with Gasteiger partial charge in [-0.3, -0.25) is 4.68 Å². The van der Waals surface area contributed by atoms with Gasteiger partial charge in [-0.05, 0) is 30.9 Å². The van der Waals surface area contributed by atoms with Crippen LogP contribution in [0.1, 0.15) is 33.4 Å². The maximum atomic E-state index is 10.2. The normalized spacial score (nSPS) is 16.4. The third-order valence-electron chi connectivity index (χ3n) is 3.08. The fraction of sp³-hybridized carbons (Fsp3) is 0.417. The van der Waals surface area contributed by atoms with E-state index in [1.807, 2.05) is 13.2 Å². The molecular formula is C12H14N2OS. The first-order valence-corrected chi connectivity index (χ1v) is 6.34. The predicted molar refractivity (Wildman–Crippen MR) is 63.6 cm³/mol. The van der Waals surface area contributed by atoms with Crippen LogP contribution in [0.2, 0.25) is 0 Å². The Morgan fingerprint density at radius 2 is 2.38 bits per heavy atom. The lowest BCUT2D eigenvalue weighted by atomic mass is 10.1. The van der Waals surface area contributed by atoms with E-state index in [-0.39, 0.29) is 0 Å². The van der Waals surface area contributed by atoms with Crippen molar-refractivity contribution in [2.24, 2.45) is 7.05 Å². The van der Waals surface area contributed by atoms with Crippen LogP contribution in [0, 0.1) is 0 Å². The van der Waals surface area contributed by atoms with E-state index in [9.17, 15) is 5.11 Å². The second kappa shape index (κ2) is 3.71. The molecule has 0 fully saturated rings. The molecule has 3 rings (SSSR count). The van der Waals surface area contributed by atoms with Gasteiger partial charge in [0.25, 0.3) is 0 Å². The molecule has 1 aliphatic carbocycles. The van der Waals surface area contributed by atoms with Crippen LogP contribution >= 0.6 is 11.3 Å². The Hall–Kier alpha value is -1.13. The minimum Gasteiger partial charge on any atom is -0.383 e. The van der Waals surface area contributed by atoms with E-state index < -0.39 is 6.10 Å². The van der Waals surface area contributed by atoms with Crippen LogP contribution in [0.15, 0.2) is 18.5 Å². The Kier molecular flexibility index (Phi) is 2.33. The van der Waals surface area contributed by atoms with Crippen molar-refractivity contribution in [3.05, 3.63) is 39.3 Å². The number of hydrogen-bond donors (Lipinski definition) is 1. The zero-order valence-electron chi connectivity index (χ0n) is 9.18. The monoisotopic (exact) mass is 234 g/mol. The topological polar surface area (TPSA) is 38.0 Å². The Morgan fingerprint density at radius 1 is 1.50 bits per heavy atom. The average molecular weight is 234 g/mol. The van der Waals surface area contributed by atoms with Crippen LogP contribution in [0.25, 0.3) is 0 Å². The highest BCUT2D eigenvalue weighted by Gasteiger charge is 2.20. The standard InChI is InChI=1S/C12H14N2OS/c1-14-7-9(6-13-14)12(15)11-5-8-3-2-4-10(8)16-11/h5-7,12,15H,2-4H2,1H3. The minimum atomic E-state index is -0.510. The molecule has 1 unspecified atom stereocenters. The van der Waals surface area contributed by atoms with Crippen molar-refractivity contribution >= 4 is 11.3 Å². The van der Waals surface area contributed by atoms with Crippen molar-refractivity contribution < 1.29 is 5.11 Å². The molecule has 0 radical (unpaired) electrons. The van der Waals surface area contributed by atoms with E-state index in [1.165, 1.54) is 29.7 Å². The summed E-state index contributed by atoms with van der Waals surface area (Å²) in [6.07, 6.45) is 6.71. The van der Waals surface area contributed by atoms with Crippen LogP contribution in [-0.4, -0.2) is 14.9 Å². The third kappa shape index (κ3) is 1.58. The first-order valence-electron chi connectivity index (χ1n) is 5.52. The first kappa shape index (κ1) is 10.1. The highest BCUT2D eigenvalue weighted by Crippen LogP contribution is 2.35. The summed E-state index contributed by atoms with van der Waals surface area (Å²) in [7, 11) is 1.87. The van der Waals surface area contributed by atoms with Gasteiger partial charge in [0.15, 0.2) is 0 Å². The Bertz CT molecular complexity index is 493. The molecule has 3 nitrogen and oxygen atoms in total. The fourth-order valence-electron chi connectivity index (χ4n) is 2.23. The van der Waals surface area contributed by atoms with Crippen molar-refractivity contribution in [1.29, 1.82) is 0 Å². The maximum absolute atomic E-state index is 10.2. The summed E-state index contributed by atoms with van der Waals surface area (Å²) in [6.45, 7) is 0. The molecule has 4 heteroatoms. The van der Waals surface area contributed by atoms with Crippen molar-refractivity contribution in [1.82, 2.24) is 9.78 Å². The molecule has 2 aromatic rings. The molecule has 1 aliphatic rings. The summed E-state index contributed by atoms with van der Waals surface area (Å²) < 4.78 is 1.72. The van der Waals surface area contributed by atoms with E-state index >= 15 is 0 Å². The van der Waals surface area contributed by atoms with Crippen molar-refractivity contribution in [3.8, 4) is 0 Å². The number of nitrogens with zero attached hydrogens (tertiary/aromatic N) is 2. The summed E-state index contributed by atoms with van der Waals surface area (Å²) >= 11 is 1.75. The van der Waals surface area contributed by atoms with Gasteiger partial charge in [-0.25, -0.2) is 0 Å². The van der Waals surface area contributed by atoms with Gasteiger partial charge >= 0.3 is 0 Å². The lowest BCUT2D eigenvalue weighted by molar-refractivity contribution is 0.224. The van der Waals surface area contributed by atoms with Gasteiger partial charge < -0.3 is 5.11 Å². The number of fused-ring (bicyclic) bond motifs is 1. The van der Waals surface area contributed by atoms with Crippen LogP contribution in [0.4, 0.5) is 0 Å². The van der Waals surface area contributed by atoms with Crippen LogP contribution in [0.3, 0.4) is 0 Å². The molecule has 2 aromatic heterocycles. The number of aliphatic hydroxyl groups is 1. The summed E-state index contributed by atoms with van der Waals surface area (Å²) in [5, 5.41) is 14.3. The van der Waals surface area contributed by atoms with Crippen LogP contribution in [-0.2, 0) is 19.9 Å². The zero-order valence-corrected chi connectivity index (χ0v) is 10.00. The highest BCUT2D eigenvalue weighted by molar-refractivity contribution is 7.12. The summed E-state index contributed by atoms with van der Waals surface area (Å²) in [5.74, 6) is 0. The van der Waals surface area contributed by atoms with Gasteiger partial charge in [-0.1, -0.05) is 0 Å². The van der Waals surface area contributed by atoms with Crippen molar-refractivity contribution in [2.45, 2.75) is 25.4 Å². The second-order valence-corrected chi connectivity index (χ2v) is 5.47. The Balaban J connectivity index is 1.91. The summed E-state index contributed by atoms with van der Waals surface area (Å²) in [5.41, 5.74) is 2.31. The molecule has 1 N–H and O–H groups in total. The van der Waals surface area contributed by atoms with Gasteiger partial charge in [0.1, 0.15) is 6.10 Å².